The van der Waals surface area contributed by atoms with Crippen LogP contribution in [0, 0.1) is 11.8 Å². The van der Waals surface area contributed by atoms with Crippen molar-refractivity contribution in [3.8, 4) is 11.8 Å². The van der Waals surface area contributed by atoms with E-state index in [4.69, 9.17) is 0 Å². The Morgan fingerprint density at radius 3 is 2.79 bits per heavy atom. The third kappa shape index (κ3) is 4.56. The fourth-order valence-electron chi connectivity index (χ4n) is 1.71. The van der Waals surface area contributed by atoms with Crippen molar-refractivity contribution in [2.75, 3.05) is 0 Å². The molecule has 0 fully saturated rings. The minimum absolute atomic E-state index is 0.824. The van der Waals surface area contributed by atoms with Gasteiger partial charge in [0.2, 0.25) is 0 Å². The average Bonchev–Trinajstić information content (AvgIpc) is 2.44. The third-order valence-corrected chi connectivity index (χ3v) is 2.72. The molecule has 0 radical (unpaired) electrons. The Hall–Kier alpha value is -2.14. The van der Waals surface area contributed by atoms with Crippen molar-refractivity contribution < 1.29 is 0 Å². The molecular formula is C17H20N2. The van der Waals surface area contributed by atoms with Gasteiger partial charge in [-0.15, -0.1) is 11.8 Å². The van der Waals surface area contributed by atoms with Crippen LogP contribution in [0.15, 0.2) is 42.8 Å². The summed E-state index contributed by atoms with van der Waals surface area (Å²) in [6, 6.07) is 1.99. The molecule has 0 saturated carbocycles. The highest BCUT2D eigenvalue weighted by atomic mass is 14.8. The quantitative estimate of drug-likeness (QED) is 0.585. The van der Waals surface area contributed by atoms with Gasteiger partial charge < -0.3 is 0 Å². The van der Waals surface area contributed by atoms with Crippen LogP contribution in [0.2, 0.25) is 0 Å². The maximum absolute atomic E-state index is 4.30. The normalized spacial score (nSPS) is 11.2. The van der Waals surface area contributed by atoms with Gasteiger partial charge in [0.25, 0.3) is 0 Å². The summed E-state index contributed by atoms with van der Waals surface area (Å²) in [5.41, 5.74) is 3.89. The standard InChI is InChI=1S/C17H20N2/c1-5-8-9-11-16-12-17(19-13-18-16)14(4)15(7-3)10-6-2/h6-7,10,12-13H,4,9,11H2,1-3H3/b10-6-,15-7+. The predicted octanol–water partition coefficient (Wildman–Crippen LogP) is 3.97. The van der Waals surface area contributed by atoms with Gasteiger partial charge in [0, 0.05) is 18.5 Å². The van der Waals surface area contributed by atoms with Gasteiger partial charge >= 0.3 is 0 Å². The fraction of sp³-hybridized carbons (Fsp3) is 0.294. The van der Waals surface area contributed by atoms with Gasteiger partial charge in [-0.05, 0) is 38.0 Å². The largest absolute Gasteiger partial charge is 0.241 e. The van der Waals surface area contributed by atoms with Crippen LogP contribution in [0.5, 0.6) is 0 Å². The highest BCUT2D eigenvalue weighted by molar-refractivity contribution is 5.78. The second-order valence-electron chi connectivity index (χ2n) is 4.04. The van der Waals surface area contributed by atoms with Gasteiger partial charge in [-0.25, -0.2) is 9.97 Å². The number of allylic oxidation sites excluding steroid dienone is 5. The number of rotatable bonds is 5. The Labute approximate surface area is 116 Å². The van der Waals surface area contributed by atoms with E-state index in [9.17, 15) is 0 Å². The van der Waals surface area contributed by atoms with Gasteiger partial charge in [-0.3, -0.25) is 0 Å². The molecule has 0 spiro atoms. The third-order valence-electron chi connectivity index (χ3n) is 2.72. The second-order valence-corrected chi connectivity index (χ2v) is 4.04. The smallest absolute Gasteiger partial charge is 0.116 e. The minimum Gasteiger partial charge on any atom is -0.241 e. The molecule has 0 amide bonds. The van der Waals surface area contributed by atoms with Gasteiger partial charge in [-0.1, -0.05) is 24.8 Å². The molecule has 0 atom stereocenters. The lowest BCUT2D eigenvalue weighted by Gasteiger charge is -2.07. The van der Waals surface area contributed by atoms with E-state index >= 15 is 0 Å². The summed E-state index contributed by atoms with van der Waals surface area (Å²) in [5.74, 6) is 5.93. The molecule has 1 aromatic rings. The van der Waals surface area contributed by atoms with Crippen LogP contribution in [0.1, 0.15) is 38.6 Å². The predicted molar refractivity (Wildman–Crippen MR) is 81.4 cm³/mol. The molecule has 0 aliphatic rings. The summed E-state index contributed by atoms with van der Waals surface area (Å²) in [5, 5.41) is 0. The Kier molecular flexibility index (Phi) is 6.32. The first-order chi connectivity index (χ1) is 9.22. The molecule has 0 aliphatic heterocycles. The van der Waals surface area contributed by atoms with E-state index in [0.29, 0.717) is 0 Å². The van der Waals surface area contributed by atoms with E-state index < -0.39 is 0 Å². The Bertz CT molecular complexity index is 554. The zero-order valence-corrected chi connectivity index (χ0v) is 11.9. The number of hydrogen-bond acceptors (Lipinski definition) is 2. The summed E-state index contributed by atoms with van der Waals surface area (Å²) >= 11 is 0. The van der Waals surface area contributed by atoms with Crippen LogP contribution in [0.4, 0.5) is 0 Å². The first kappa shape index (κ1) is 14.9. The molecule has 1 aromatic heterocycles. The molecule has 0 aromatic carbocycles. The molecule has 2 nitrogen and oxygen atoms in total. The van der Waals surface area contributed by atoms with Crippen LogP contribution in [0.25, 0.3) is 5.57 Å². The van der Waals surface area contributed by atoms with E-state index in [2.05, 4.69) is 28.4 Å². The van der Waals surface area contributed by atoms with E-state index in [1.807, 2.05) is 45.1 Å². The molecular weight excluding hydrogens is 232 g/mol. The van der Waals surface area contributed by atoms with Crippen molar-refractivity contribution in [2.45, 2.75) is 33.6 Å². The molecule has 0 bridgehead atoms. The van der Waals surface area contributed by atoms with Crippen molar-refractivity contribution in [1.82, 2.24) is 9.97 Å². The lowest BCUT2D eigenvalue weighted by Crippen LogP contribution is -1.96. The van der Waals surface area contributed by atoms with Crippen LogP contribution in [-0.2, 0) is 6.42 Å². The van der Waals surface area contributed by atoms with Crippen molar-refractivity contribution in [1.29, 1.82) is 0 Å². The van der Waals surface area contributed by atoms with Crippen LogP contribution in [-0.4, -0.2) is 9.97 Å². The zero-order chi connectivity index (χ0) is 14.1. The van der Waals surface area contributed by atoms with E-state index in [1.165, 1.54) is 0 Å². The highest BCUT2D eigenvalue weighted by Gasteiger charge is 2.05. The highest BCUT2D eigenvalue weighted by Crippen LogP contribution is 2.20. The lowest BCUT2D eigenvalue weighted by atomic mass is 10.0. The van der Waals surface area contributed by atoms with Crippen molar-refractivity contribution in [2.24, 2.45) is 0 Å². The molecule has 1 rings (SSSR count). The molecule has 98 valence electrons. The number of nitrogens with zero attached hydrogens (tertiary/aromatic N) is 2. The Morgan fingerprint density at radius 2 is 2.16 bits per heavy atom. The van der Waals surface area contributed by atoms with Crippen molar-refractivity contribution in [3.63, 3.8) is 0 Å². The maximum atomic E-state index is 4.30. The molecule has 0 saturated heterocycles. The second kappa shape index (κ2) is 8.05. The summed E-state index contributed by atoms with van der Waals surface area (Å²) in [4.78, 5) is 8.56. The van der Waals surface area contributed by atoms with Crippen LogP contribution >= 0.6 is 0 Å². The molecule has 2 heteroatoms. The summed E-state index contributed by atoms with van der Waals surface area (Å²) in [7, 11) is 0. The first-order valence-electron chi connectivity index (χ1n) is 6.42. The summed E-state index contributed by atoms with van der Waals surface area (Å²) < 4.78 is 0. The van der Waals surface area contributed by atoms with E-state index in [1.54, 1.807) is 6.33 Å². The first-order valence-corrected chi connectivity index (χ1v) is 6.42. The lowest BCUT2D eigenvalue weighted by molar-refractivity contribution is 0.936. The van der Waals surface area contributed by atoms with E-state index in [-0.39, 0.29) is 0 Å². The molecule has 1 heterocycles. The number of aryl methyl sites for hydroxylation is 1. The molecule has 19 heavy (non-hydrogen) atoms. The van der Waals surface area contributed by atoms with Gasteiger partial charge in [0.1, 0.15) is 6.33 Å². The van der Waals surface area contributed by atoms with E-state index in [0.717, 1.165) is 35.4 Å². The number of aromatic nitrogens is 2. The molecule has 0 aliphatic carbocycles. The van der Waals surface area contributed by atoms with Crippen molar-refractivity contribution in [3.05, 3.63) is 54.2 Å². The SMILES string of the molecule is C=C(C(/C=C\C)=C/C)c1cc(CCC#CC)ncn1. The molecule has 0 N–H and O–H groups in total. The number of hydrogen-bond donors (Lipinski definition) is 0. The summed E-state index contributed by atoms with van der Waals surface area (Å²) in [6.07, 6.45) is 9.33. The van der Waals surface area contributed by atoms with Crippen LogP contribution < -0.4 is 0 Å². The van der Waals surface area contributed by atoms with Crippen LogP contribution in [0.3, 0.4) is 0 Å². The minimum atomic E-state index is 0.824. The fourth-order valence-corrected chi connectivity index (χ4v) is 1.71. The maximum Gasteiger partial charge on any atom is 0.116 e. The summed E-state index contributed by atoms with van der Waals surface area (Å²) in [6.45, 7) is 9.96. The monoisotopic (exact) mass is 252 g/mol. The van der Waals surface area contributed by atoms with Gasteiger partial charge in [0.15, 0.2) is 0 Å². The van der Waals surface area contributed by atoms with Crippen molar-refractivity contribution >= 4 is 5.57 Å². The Balaban J connectivity index is 2.91. The average molecular weight is 252 g/mol. The van der Waals surface area contributed by atoms with Gasteiger partial charge in [0.05, 0.1) is 5.69 Å². The topological polar surface area (TPSA) is 25.8 Å². The zero-order valence-electron chi connectivity index (χ0n) is 11.9. The Morgan fingerprint density at radius 1 is 1.37 bits per heavy atom. The molecule has 0 unspecified atom stereocenters. The van der Waals surface area contributed by atoms with Gasteiger partial charge in [-0.2, -0.15) is 0 Å².